The normalized spacial score (nSPS) is 14.6. The lowest BCUT2D eigenvalue weighted by Gasteiger charge is -2.45. The van der Waals surface area contributed by atoms with E-state index in [9.17, 15) is 10.2 Å². The number of hydrogen-bond donors (Lipinski definition) is 2. The summed E-state index contributed by atoms with van der Waals surface area (Å²) in [4.78, 5) is 4.67. The van der Waals surface area contributed by atoms with E-state index >= 15 is 0 Å². The highest BCUT2D eigenvalue weighted by Crippen LogP contribution is 2.50. The molecule has 2 unspecified atom stereocenters. The molecule has 0 bridgehead atoms. The molecule has 1 aromatic heterocycles. The van der Waals surface area contributed by atoms with Crippen LogP contribution in [0.25, 0.3) is 0 Å². The number of pyridine rings is 1. The molecule has 1 heterocycles. The number of methoxy groups -OCH3 is 1. The molecule has 2 atom stereocenters. The number of aliphatic hydroxyl groups is 2. The van der Waals surface area contributed by atoms with Crippen LogP contribution < -0.4 is 9.47 Å². The van der Waals surface area contributed by atoms with Gasteiger partial charge in [-0.05, 0) is 39.6 Å². The van der Waals surface area contributed by atoms with Crippen LogP contribution in [-0.4, -0.2) is 43.3 Å². The maximum atomic E-state index is 10.7. The molecule has 0 saturated carbocycles. The zero-order valence-corrected chi connectivity index (χ0v) is 23.6. The molecule has 6 nitrogen and oxygen atoms in total. The van der Waals surface area contributed by atoms with Crippen molar-refractivity contribution in [1.82, 2.24) is 4.98 Å². The second-order valence-corrected chi connectivity index (χ2v) is 16.0. The summed E-state index contributed by atoms with van der Waals surface area (Å²) in [5, 5.41) is 20.4. The van der Waals surface area contributed by atoms with Gasteiger partial charge in [0.2, 0.25) is 0 Å². The van der Waals surface area contributed by atoms with E-state index in [0.29, 0.717) is 28.3 Å². The van der Waals surface area contributed by atoms with Crippen molar-refractivity contribution < 1.29 is 24.1 Å². The van der Waals surface area contributed by atoms with Crippen LogP contribution in [0.15, 0.2) is 41.0 Å². The summed E-state index contributed by atoms with van der Waals surface area (Å²) in [6.45, 7) is 14.5. The van der Waals surface area contributed by atoms with E-state index in [1.807, 2.05) is 44.2 Å². The second kappa shape index (κ2) is 10.9. The van der Waals surface area contributed by atoms with Crippen molar-refractivity contribution in [3.05, 3.63) is 52.3 Å². The van der Waals surface area contributed by atoms with Gasteiger partial charge in [0.1, 0.15) is 12.3 Å². The lowest BCUT2D eigenvalue weighted by Crippen LogP contribution is -2.48. The Labute approximate surface area is 207 Å². The third kappa shape index (κ3) is 6.36. The fraction of sp³-hybridized carbons (Fsp3) is 0.560. The molecule has 0 aliphatic heterocycles. The van der Waals surface area contributed by atoms with Gasteiger partial charge in [-0.2, -0.15) is 0 Å². The Balaban J connectivity index is 2.60. The second-order valence-electron chi connectivity index (χ2n) is 10.4. The largest absolute Gasteiger partial charge is 0.491 e. The first-order valence-corrected chi connectivity index (χ1v) is 14.8. The summed E-state index contributed by atoms with van der Waals surface area (Å²) in [5.74, 6) is 0.965. The summed E-state index contributed by atoms with van der Waals surface area (Å²) < 4.78 is 19.5. The van der Waals surface area contributed by atoms with Crippen molar-refractivity contribution in [3.63, 3.8) is 0 Å². The molecular weight excluding hydrogens is 502 g/mol. The highest BCUT2D eigenvalue weighted by Gasteiger charge is 2.47. The van der Waals surface area contributed by atoms with Crippen molar-refractivity contribution >= 4 is 24.2 Å². The number of benzene rings is 1. The van der Waals surface area contributed by atoms with Gasteiger partial charge in [0.15, 0.2) is 19.8 Å². The minimum Gasteiger partial charge on any atom is -0.491 e. The fourth-order valence-electron chi connectivity index (χ4n) is 3.16. The van der Waals surface area contributed by atoms with Crippen LogP contribution in [0.5, 0.6) is 11.5 Å². The van der Waals surface area contributed by atoms with Crippen molar-refractivity contribution in [2.75, 3.05) is 13.7 Å². The summed E-state index contributed by atoms with van der Waals surface area (Å²) in [6.07, 6.45) is 0.0143. The minimum absolute atomic E-state index is 0.0687. The molecule has 0 aliphatic carbocycles. The van der Waals surface area contributed by atoms with Crippen molar-refractivity contribution in [2.45, 2.75) is 71.6 Å². The molecule has 0 saturated heterocycles. The van der Waals surface area contributed by atoms with Crippen molar-refractivity contribution in [1.29, 1.82) is 0 Å². The van der Waals surface area contributed by atoms with Crippen molar-refractivity contribution in [2.24, 2.45) is 5.41 Å². The lowest BCUT2D eigenvalue weighted by molar-refractivity contribution is -0.0673. The van der Waals surface area contributed by atoms with E-state index in [1.165, 1.54) is 0 Å². The summed E-state index contributed by atoms with van der Waals surface area (Å²) in [7, 11) is -0.727. The van der Waals surface area contributed by atoms with E-state index in [1.54, 1.807) is 13.3 Å². The van der Waals surface area contributed by atoms with E-state index in [-0.39, 0.29) is 11.6 Å². The van der Waals surface area contributed by atoms with Gasteiger partial charge in [-0.1, -0.05) is 65.0 Å². The predicted molar refractivity (Wildman–Crippen MR) is 137 cm³/mol. The number of nitrogens with zero attached hydrogens (tertiary/aromatic N) is 1. The summed E-state index contributed by atoms with van der Waals surface area (Å²) in [6, 6.07) is 9.87. The van der Waals surface area contributed by atoms with Crippen LogP contribution in [0.2, 0.25) is 18.1 Å². The Bertz CT molecular complexity index is 915. The van der Waals surface area contributed by atoms with E-state index in [4.69, 9.17) is 13.9 Å². The molecule has 2 rings (SSSR count). The Hall–Kier alpha value is -1.45. The highest BCUT2D eigenvalue weighted by atomic mass is 79.9. The smallest absolute Gasteiger partial charge is 0.193 e. The van der Waals surface area contributed by atoms with Crippen LogP contribution in [0.1, 0.15) is 52.0 Å². The average Bonchev–Trinajstić information content (AvgIpc) is 2.75. The van der Waals surface area contributed by atoms with E-state index in [2.05, 4.69) is 54.8 Å². The quantitative estimate of drug-likeness (QED) is 0.367. The minimum atomic E-state index is -2.30. The van der Waals surface area contributed by atoms with Crippen LogP contribution >= 0.6 is 15.9 Å². The zero-order valence-electron chi connectivity index (χ0n) is 21.0. The van der Waals surface area contributed by atoms with Gasteiger partial charge < -0.3 is 24.1 Å². The van der Waals surface area contributed by atoms with Crippen LogP contribution in [-0.2, 0) is 11.0 Å². The molecule has 0 amide bonds. The first-order chi connectivity index (χ1) is 15.3. The van der Waals surface area contributed by atoms with Crippen LogP contribution in [0.4, 0.5) is 0 Å². The Morgan fingerprint density at radius 3 is 2.18 bits per heavy atom. The van der Waals surface area contributed by atoms with Gasteiger partial charge in [-0.15, -0.1) is 0 Å². The van der Waals surface area contributed by atoms with Gasteiger partial charge in [-0.25, -0.2) is 0 Å². The summed E-state index contributed by atoms with van der Waals surface area (Å²) in [5.41, 5.74) is 0.704. The van der Waals surface area contributed by atoms with Crippen LogP contribution in [0.3, 0.4) is 0 Å². The molecule has 184 valence electrons. The maximum Gasteiger partial charge on any atom is 0.193 e. The molecule has 0 fully saturated rings. The van der Waals surface area contributed by atoms with E-state index in [0.717, 1.165) is 5.56 Å². The third-order valence-electron chi connectivity index (χ3n) is 6.58. The first-order valence-electron chi connectivity index (χ1n) is 11.1. The lowest BCUT2D eigenvalue weighted by atomic mass is 9.79. The Morgan fingerprint density at radius 1 is 1.06 bits per heavy atom. The van der Waals surface area contributed by atoms with Gasteiger partial charge in [0.05, 0.1) is 30.4 Å². The van der Waals surface area contributed by atoms with Gasteiger partial charge in [-0.3, -0.25) is 4.98 Å². The number of ether oxygens (including phenoxy) is 2. The fourth-order valence-corrected chi connectivity index (χ4v) is 4.91. The SMILES string of the molecule is COc1c(C(O[Si](C)(C)C(C)(C)C)C(C)(C)C(O)CO)ncc(Br)c1OCc1ccccc1. The molecule has 0 aliphatic rings. The molecule has 2 aromatic rings. The average molecular weight is 541 g/mol. The van der Waals surface area contributed by atoms with Gasteiger partial charge in [0.25, 0.3) is 0 Å². The number of rotatable bonds is 10. The molecule has 2 N–H and O–H groups in total. The van der Waals surface area contributed by atoms with Gasteiger partial charge in [0, 0.05) is 11.6 Å². The Morgan fingerprint density at radius 2 is 1.67 bits per heavy atom. The number of aromatic nitrogens is 1. The summed E-state index contributed by atoms with van der Waals surface area (Å²) >= 11 is 3.54. The molecule has 0 radical (unpaired) electrons. The predicted octanol–water partition coefficient (Wildman–Crippen LogP) is 5.87. The number of hydrogen-bond acceptors (Lipinski definition) is 6. The first kappa shape index (κ1) is 27.8. The topological polar surface area (TPSA) is 81.0 Å². The molecule has 0 spiro atoms. The molecule has 1 aromatic carbocycles. The monoisotopic (exact) mass is 539 g/mol. The maximum absolute atomic E-state index is 10.7. The number of halogens is 1. The molecular formula is C25H38BrNO5Si. The van der Waals surface area contributed by atoms with E-state index < -0.39 is 25.9 Å². The van der Waals surface area contributed by atoms with Crippen LogP contribution in [0, 0.1) is 5.41 Å². The molecule has 8 heteroatoms. The highest BCUT2D eigenvalue weighted by molar-refractivity contribution is 9.10. The number of aliphatic hydroxyl groups excluding tert-OH is 2. The van der Waals surface area contributed by atoms with Gasteiger partial charge >= 0.3 is 0 Å². The third-order valence-corrected chi connectivity index (χ3v) is 11.6. The zero-order chi connectivity index (χ0) is 25.0. The standard InChI is InChI=1S/C25H38BrNO5Si/c1-24(2,3)33(7,8)32-23(25(4,5)19(29)15-28)20-22(30-6)21(18(26)14-27-20)31-16-17-12-10-9-11-13-17/h9-14,19,23,28-29H,15-16H2,1-8H3. The Kier molecular flexibility index (Phi) is 9.15. The van der Waals surface area contributed by atoms with Crippen molar-refractivity contribution in [3.8, 4) is 11.5 Å². The molecule has 33 heavy (non-hydrogen) atoms.